The first-order valence-corrected chi connectivity index (χ1v) is 8.67. The van der Waals surface area contributed by atoms with Gasteiger partial charge in [-0.3, -0.25) is 4.79 Å². The van der Waals surface area contributed by atoms with Crippen LogP contribution in [0, 0.1) is 5.92 Å². The van der Waals surface area contributed by atoms with Gasteiger partial charge < -0.3 is 9.84 Å². The van der Waals surface area contributed by atoms with Crippen LogP contribution in [-0.2, 0) is 11.2 Å². The molecule has 132 valence electrons. The van der Waals surface area contributed by atoms with Crippen LogP contribution in [0.5, 0.6) is 0 Å². The number of benzene rings is 1. The highest BCUT2D eigenvalue weighted by molar-refractivity contribution is 5.79. The van der Waals surface area contributed by atoms with E-state index in [-0.39, 0.29) is 23.7 Å². The van der Waals surface area contributed by atoms with Gasteiger partial charge in [0.1, 0.15) is 0 Å². The molecule has 0 spiro atoms. The molecule has 5 nitrogen and oxygen atoms in total. The second-order valence-electron chi connectivity index (χ2n) is 6.75. The zero-order valence-corrected chi connectivity index (χ0v) is 13.7. The third-order valence-corrected chi connectivity index (χ3v) is 5.15. The maximum Gasteiger partial charge on any atom is 0.315 e. The molecule has 1 heterocycles. The number of hydrogen-bond donors (Lipinski definition) is 1. The summed E-state index contributed by atoms with van der Waals surface area (Å²) < 4.78 is 29.7. The van der Waals surface area contributed by atoms with Gasteiger partial charge in [0.15, 0.2) is 0 Å². The Balaban J connectivity index is 1.50. The van der Waals surface area contributed by atoms with Gasteiger partial charge in [-0.1, -0.05) is 30.1 Å². The van der Waals surface area contributed by atoms with Crippen LogP contribution in [0.1, 0.15) is 61.6 Å². The summed E-state index contributed by atoms with van der Waals surface area (Å²) in [4.78, 5) is 16.1. The van der Waals surface area contributed by atoms with Crippen LogP contribution >= 0.6 is 0 Å². The van der Waals surface area contributed by atoms with Gasteiger partial charge in [-0.2, -0.15) is 13.8 Å². The van der Waals surface area contributed by atoms with Crippen molar-refractivity contribution in [2.24, 2.45) is 5.92 Å². The van der Waals surface area contributed by atoms with E-state index in [1.54, 1.807) is 6.07 Å². The highest BCUT2D eigenvalue weighted by atomic mass is 19.3. The Bertz CT molecular complexity index is 784. The van der Waals surface area contributed by atoms with E-state index < -0.39 is 12.3 Å². The molecule has 0 saturated heterocycles. The van der Waals surface area contributed by atoms with Gasteiger partial charge in [-0.25, -0.2) is 0 Å². The predicted molar refractivity (Wildman–Crippen MR) is 85.9 cm³/mol. The van der Waals surface area contributed by atoms with E-state index in [1.807, 2.05) is 12.1 Å². The molecule has 1 fully saturated rings. The first kappa shape index (κ1) is 16.2. The lowest BCUT2D eigenvalue weighted by atomic mass is 10.0. The normalized spacial score (nSPS) is 20.2. The smallest absolute Gasteiger partial charge is 0.315 e. The van der Waals surface area contributed by atoms with Gasteiger partial charge >= 0.3 is 6.43 Å². The minimum absolute atomic E-state index is 0.0269. The molecule has 1 amide bonds. The molecule has 2 aromatic rings. The van der Waals surface area contributed by atoms with Crippen LogP contribution in [0.25, 0.3) is 11.4 Å². The minimum atomic E-state index is -2.77. The lowest BCUT2D eigenvalue weighted by Gasteiger charge is -2.17. The summed E-state index contributed by atoms with van der Waals surface area (Å²) in [5.74, 6) is -0.205. The largest absolute Gasteiger partial charge is 0.349 e. The summed E-state index contributed by atoms with van der Waals surface area (Å²) >= 11 is 0. The van der Waals surface area contributed by atoms with Crippen LogP contribution in [0.4, 0.5) is 8.78 Å². The van der Waals surface area contributed by atoms with Crippen molar-refractivity contribution in [2.45, 2.75) is 51.0 Å². The first-order chi connectivity index (χ1) is 12.1. The number of halogens is 2. The summed E-state index contributed by atoms with van der Waals surface area (Å²) in [5.41, 5.74) is 2.84. The Hall–Kier alpha value is -2.31. The maximum atomic E-state index is 12.6. The molecule has 1 aromatic carbocycles. The standard InChI is InChI=1S/C18H19F2N3O2/c19-15(20)18-22-16(23-25-18)12-5-7-13-11(9-12)6-8-14(13)21-17(24)10-3-1-2-4-10/h5,7,9-10,14-15H,1-4,6,8H2,(H,21,24)/t14-/m1/s1. The van der Waals surface area contributed by atoms with E-state index in [0.717, 1.165) is 49.7 Å². The SMILES string of the molecule is O=C(N[C@@H]1CCc2cc(-c3noc(C(F)F)n3)ccc21)C1CCCC1. The molecule has 0 aliphatic heterocycles. The molecule has 25 heavy (non-hydrogen) atoms. The van der Waals surface area contributed by atoms with E-state index in [0.29, 0.717) is 5.56 Å². The van der Waals surface area contributed by atoms with Gasteiger partial charge in [-0.15, -0.1) is 0 Å². The molecule has 0 bridgehead atoms. The van der Waals surface area contributed by atoms with E-state index in [9.17, 15) is 13.6 Å². The highest BCUT2D eigenvalue weighted by Gasteiger charge is 2.29. The monoisotopic (exact) mass is 347 g/mol. The Morgan fingerprint density at radius 1 is 1.24 bits per heavy atom. The average molecular weight is 347 g/mol. The fourth-order valence-corrected chi connectivity index (χ4v) is 3.83. The van der Waals surface area contributed by atoms with Crippen molar-refractivity contribution in [1.29, 1.82) is 0 Å². The first-order valence-electron chi connectivity index (χ1n) is 8.67. The van der Waals surface area contributed by atoms with Gasteiger partial charge in [-0.05, 0) is 42.9 Å². The Morgan fingerprint density at radius 3 is 2.76 bits per heavy atom. The number of hydrogen-bond acceptors (Lipinski definition) is 4. The molecule has 4 rings (SSSR count). The van der Waals surface area contributed by atoms with E-state index in [1.165, 1.54) is 0 Å². The molecule has 2 aliphatic carbocycles. The molecule has 1 saturated carbocycles. The Labute approximate surface area is 143 Å². The van der Waals surface area contributed by atoms with Crippen molar-refractivity contribution < 1.29 is 18.1 Å². The molecule has 2 aliphatic rings. The van der Waals surface area contributed by atoms with Crippen molar-refractivity contribution in [3.63, 3.8) is 0 Å². The van der Waals surface area contributed by atoms with Crippen molar-refractivity contribution >= 4 is 5.91 Å². The molecular formula is C18H19F2N3O2. The van der Waals surface area contributed by atoms with Crippen LogP contribution in [0.15, 0.2) is 22.7 Å². The molecule has 0 radical (unpaired) electrons. The molecule has 7 heteroatoms. The quantitative estimate of drug-likeness (QED) is 0.909. The van der Waals surface area contributed by atoms with Crippen molar-refractivity contribution in [1.82, 2.24) is 15.5 Å². The number of aromatic nitrogens is 2. The number of aryl methyl sites for hydroxylation is 1. The topological polar surface area (TPSA) is 68.0 Å². The predicted octanol–water partition coefficient (Wildman–Crippen LogP) is 3.97. The van der Waals surface area contributed by atoms with Gasteiger partial charge in [0.05, 0.1) is 6.04 Å². The lowest BCUT2D eigenvalue weighted by molar-refractivity contribution is -0.125. The fourth-order valence-electron chi connectivity index (χ4n) is 3.83. The van der Waals surface area contributed by atoms with E-state index in [4.69, 9.17) is 0 Å². The number of amides is 1. The summed E-state index contributed by atoms with van der Waals surface area (Å²) in [5, 5.41) is 6.78. The molecule has 1 N–H and O–H groups in total. The highest BCUT2D eigenvalue weighted by Crippen LogP contribution is 2.35. The minimum Gasteiger partial charge on any atom is -0.349 e. The molecule has 1 aromatic heterocycles. The third kappa shape index (κ3) is 3.15. The van der Waals surface area contributed by atoms with Gasteiger partial charge in [0, 0.05) is 11.5 Å². The Kier molecular flexibility index (Phi) is 4.23. The number of nitrogens with one attached hydrogen (secondary N) is 1. The van der Waals surface area contributed by atoms with E-state index in [2.05, 4.69) is 20.0 Å². The fraction of sp³-hybridized carbons (Fsp3) is 0.500. The molecular weight excluding hydrogens is 328 g/mol. The lowest BCUT2D eigenvalue weighted by Crippen LogP contribution is -2.32. The number of alkyl halides is 2. The number of nitrogens with zero attached hydrogens (tertiary/aromatic N) is 2. The summed E-state index contributed by atoms with van der Waals surface area (Å²) in [6.07, 6.45) is 3.14. The summed E-state index contributed by atoms with van der Waals surface area (Å²) in [6, 6.07) is 5.64. The number of carbonyl (C=O) groups excluding carboxylic acids is 1. The molecule has 0 unspecified atom stereocenters. The second-order valence-corrected chi connectivity index (χ2v) is 6.75. The van der Waals surface area contributed by atoms with Crippen LogP contribution in [0.2, 0.25) is 0 Å². The Morgan fingerprint density at radius 2 is 2.04 bits per heavy atom. The summed E-state index contributed by atoms with van der Waals surface area (Å²) in [6.45, 7) is 0. The molecule has 1 atom stereocenters. The number of fused-ring (bicyclic) bond motifs is 1. The average Bonchev–Trinajstić information content (AvgIpc) is 3.35. The van der Waals surface area contributed by atoms with Crippen LogP contribution in [0.3, 0.4) is 0 Å². The number of carbonyl (C=O) groups is 1. The maximum absolute atomic E-state index is 12.6. The van der Waals surface area contributed by atoms with Crippen molar-refractivity contribution in [3.05, 3.63) is 35.2 Å². The zero-order valence-electron chi connectivity index (χ0n) is 13.7. The van der Waals surface area contributed by atoms with E-state index >= 15 is 0 Å². The number of rotatable bonds is 4. The van der Waals surface area contributed by atoms with Gasteiger partial charge in [0.25, 0.3) is 5.89 Å². The zero-order chi connectivity index (χ0) is 17.4. The van der Waals surface area contributed by atoms with Crippen molar-refractivity contribution in [2.75, 3.05) is 0 Å². The van der Waals surface area contributed by atoms with Crippen LogP contribution < -0.4 is 5.32 Å². The second kappa shape index (κ2) is 6.54. The van der Waals surface area contributed by atoms with Gasteiger partial charge in [0.2, 0.25) is 11.7 Å². The van der Waals surface area contributed by atoms with Crippen LogP contribution in [-0.4, -0.2) is 16.0 Å². The van der Waals surface area contributed by atoms with Crippen molar-refractivity contribution in [3.8, 4) is 11.4 Å². The summed E-state index contributed by atoms with van der Waals surface area (Å²) in [7, 11) is 0. The third-order valence-electron chi connectivity index (χ3n) is 5.15.